The van der Waals surface area contributed by atoms with Gasteiger partial charge in [0.25, 0.3) is 5.91 Å². The number of aryl methyl sites for hydroxylation is 1. The van der Waals surface area contributed by atoms with Crippen molar-refractivity contribution >= 4 is 17.4 Å². The molecule has 0 spiro atoms. The zero-order chi connectivity index (χ0) is 21.3. The number of rotatable bonds is 5. The molecule has 156 valence electrons. The Kier molecular flexibility index (Phi) is 5.33. The molecule has 30 heavy (non-hydrogen) atoms. The van der Waals surface area contributed by atoms with Crippen LogP contribution in [0.1, 0.15) is 20.9 Å². The lowest BCUT2D eigenvalue weighted by atomic mass is 10.0. The zero-order valence-electron chi connectivity index (χ0n) is 15.7. The van der Waals surface area contributed by atoms with Gasteiger partial charge in [0.05, 0.1) is 12.2 Å². The molecule has 0 bridgehead atoms. The highest BCUT2D eigenvalue weighted by atomic mass is 32.1. The summed E-state index contributed by atoms with van der Waals surface area (Å²) in [4.78, 5) is 12.7. The molecular weight excluding hydrogens is 419 g/mol. The number of nitrogens with one attached hydrogen (secondary N) is 1. The van der Waals surface area contributed by atoms with Crippen molar-refractivity contribution in [2.24, 2.45) is 0 Å². The smallest absolute Gasteiger partial charge is 0.488 e. The van der Waals surface area contributed by atoms with Crippen LogP contribution in [0, 0.1) is 6.92 Å². The van der Waals surface area contributed by atoms with E-state index in [0.717, 1.165) is 22.7 Å². The summed E-state index contributed by atoms with van der Waals surface area (Å²) in [6.07, 6.45) is -4.40. The summed E-state index contributed by atoms with van der Waals surface area (Å²) in [5, 5.41) is 6.64. The molecule has 0 aliphatic carbocycles. The highest BCUT2D eigenvalue weighted by molar-refractivity contribution is 7.08. The van der Waals surface area contributed by atoms with Crippen LogP contribution in [0.2, 0.25) is 0 Å². The van der Waals surface area contributed by atoms with E-state index in [9.17, 15) is 18.0 Å². The minimum Gasteiger partial charge on any atom is -0.488 e. The number of ether oxygens (including phenoxy) is 2. The van der Waals surface area contributed by atoms with Gasteiger partial charge in [0, 0.05) is 6.42 Å². The summed E-state index contributed by atoms with van der Waals surface area (Å²) in [6.45, 7) is 2.03. The van der Waals surface area contributed by atoms with E-state index in [1.165, 1.54) is 18.2 Å². The minimum absolute atomic E-state index is 0.236. The molecule has 0 saturated heterocycles. The molecule has 2 heterocycles. The second-order valence-corrected chi connectivity index (χ2v) is 7.49. The monoisotopic (exact) mass is 435 g/mol. The maximum atomic E-state index is 12.5. The molecule has 10 heteroatoms. The molecule has 6 nitrogen and oxygen atoms in total. The van der Waals surface area contributed by atoms with Crippen molar-refractivity contribution in [3.8, 4) is 22.6 Å². The minimum atomic E-state index is -4.74. The van der Waals surface area contributed by atoms with E-state index in [1.54, 1.807) is 25.1 Å². The fourth-order valence-corrected chi connectivity index (χ4v) is 3.79. The molecule has 0 fully saturated rings. The van der Waals surface area contributed by atoms with Gasteiger partial charge in [0.15, 0.2) is 0 Å². The van der Waals surface area contributed by atoms with Gasteiger partial charge < -0.3 is 14.8 Å². The SMILES string of the molecule is Cc1nnsc1C(=O)NCC1Cc2cc(-c3cccc(OC(F)(F)F)c3)ccc2O1. The Morgan fingerprint density at radius 2 is 2.07 bits per heavy atom. The van der Waals surface area contributed by atoms with Gasteiger partial charge in [-0.25, -0.2) is 0 Å². The predicted octanol–water partition coefficient (Wildman–Crippen LogP) is 4.15. The Morgan fingerprint density at radius 3 is 2.80 bits per heavy atom. The lowest BCUT2D eigenvalue weighted by Crippen LogP contribution is -2.34. The Labute approximate surface area is 173 Å². The highest BCUT2D eigenvalue weighted by Gasteiger charge is 2.31. The number of amides is 1. The van der Waals surface area contributed by atoms with E-state index in [0.29, 0.717) is 34.8 Å². The molecule has 0 radical (unpaired) electrons. The van der Waals surface area contributed by atoms with Crippen molar-refractivity contribution in [1.29, 1.82) is 0 Å². The van der Waals surface area contributed by atoms with Gasteiger partial charge in [0.1, 0.15) is 22.5 Å². The van der Waals surface area contributed by atoms with Crippen molar-refractivity contribution in [3.05, 3.63) is 58.6 Å². The normalized spacial score (nSPS) is 15.4. The second kappa shape index (κ2) is 7.94. The predicted molar refractivity (Wildman–Crippen MR) is 104 cm³/mol. The number of fused-ring (bicyclic) bond motifs is 1. The quantitative estimate of drug-likeness (QED) is 0.652. The summed E-state index contributed by atoms with van der Waals surface area (Å²) < 4.78 is 51.0. The van der Waals surface area contributed by atoms with Crippen molar-refractivity contribution in [3.63, 3.8) is 0 Å². The number of benzene rings is 2. The van der Waals surface area contributed by atoms with Gasteiger partial charge in [0.2, 0.25) is 0 Å². The van der Waals surface area contributed by atoms with Crippen LogP contribution in [0.15, 0.2) is 42.5 Å². The first-order valence-electron chi connectivity index (χ1n) is 9.01. The van der Waals surface area contributed by atoms with E-state index >= 15 is 0 Å². The number of nitrogens with zero attached hydrogens (tertiary/aromatic N) is 2. The summed E-state index contributed by atoms with van der Waals surface area (Å²) in [6, 6.07) is 11.3. The lowest BCUT2D eigenvalue weighted by Gasteiger charge is -2.11. The molecule has 1 N–H and O–H groups in total. The van der Waals surface area contributed by atoms with Crippen molar-refractivity contribution in [2.45, 2.75) is 25.8 Å². The number of alkyl halides is 3. The second-order valence-electron chi connectivity index (χ2n) is 6.74. The van der Waals surface area contributed by atoms with Crippen molar-refractivity contribution in [1.82, 2.24) is 14.9 Å². The Bertz CT molecular complexity index is 1080. The molecule has 3 aromatic rings. The number of hydrogen-bond donors (Lipinski definition) is 1. The molecule has 1 amide bonds. The van der Waals surface area contributed by atoms with Crippen LogP contribution in [0.3, 0.4) is 0 Å². The average Bonchev–Trinajstić information content (AvgIpc) is 3.30. The third-order valence-electron chi connectivity index (χ3n) is 4.55. The van der Waals surface area contributed by atoms with Crippen molar-refractivity contribution < 1.29 is 27.4 Å². The summed E-state index contributed by atoms with van der Waals surface area (Å²) in [5.41, 5.74) is 2.85. The van der Waals surface area contributed by atoms with E-state index in [4.69, 9.17) is 4.74 Å². The largest absolute Gasteiger partial charge is 0.573 e. The van der Waals surface area contributed by atoms with Crippen LogP contribution in [-0.4, -0.2) is 34.5 Å². The summed E-state index contributed by atoms with van der Waals surface area (Å²) >= 11 is 1.04. The van der Waals surface area contributed by atoms with E-state index in [-0.39, 0.29) is 17.8 Å². The first kappa shape index (κ1) is 20.1. The highest BCUT2D eigenvalue weighted by Crippen LogP contribution is 2.34. The van der Waals surface area contributed by atoms with Crippen LogP contribution in [0.5, 0.6) is 11.5 Å². The molecule has 1 atom stereocenters. The van der Waals surface area contributed by atoms with Gasteiger partial charge in [-0.3, -0.25) is 4.79 Å². The van der Waals surface area contributed by atoms with Crippen molar-refractivity contribution in [2.75, 3.05) is 6.54 Å². The molecular formula is C20H16F3N3O3S. The van der Waals surface area contributed by atoms with Gasteiger partial charge in [-0.15, -0.1) is 18.3 Å². The first-order chi connectivity index (χ1) is 14.3. The molecule has 0 saturated carbocycles. The van der Waals surface area contributed by atoms with Crippen LogP contribution in [0.4, 0.5) is 13.2 Å². The van der Waals surface area contributed by atoms with Gasteiger partial charge in [-0.2, -0.15) is 0 Å². The maximum absolute atomic E-state index is 12.5. The van der Waals surface area contributed by atoms with Gasteiger partial charge >= 0.3 is 6.36 Å². The van der Waals surface area contributed by atoms with Crippen LogP contribution < -0.4 is 14.8 Å². The lowest BCUT2D eigenvalue weighted by molar-refractivity contribution is -0.274. The fraction of sp³-hybridized carbons (Fsp3) is 0.250. The number of hydrogen-bond acceptors (Lipinski definition) is 6. The zero-order valence-corrected chi connectivity index (χ0v) is 16.5. The standard InChI is InChI=1S/C20H16F3N3O3S/c1-11-18(30-26-25-11)19(27)24-10-16-9-14-7-13(5-6-17(14)28-16)12-3-2-4-15(8-12)29-20(21,22)23/h2-8,16H,9-10H2,1H3,(H,24,27). The Balaban J connectivity index is 1.43. The first-order valence-corrected chi connectivity index (χ1v) is 9.79. The number of aromatic nitrogens is 2. The number of halogens is 3. The van der Waals surface area contributed by atoms with Crippen LogP contribution in [-0.2, 0) is 6.42 Å². The van der Waals surface area contributed by atoms with E-state index < -0.39 is 6.36 Å². The molecule has 4 rings (SSSR count). The van der Waals surface area contributed by atoms with E-state index in [2.05, 4.69) is 19.6 Å². The summed E-state index contributed by atoms with van der Waals surface area (Å²) in [5.74, 6) is 0.172. The molecule has 1 aliphatic rings. The number of carbonyl (C=O) groups is 1. The fourth-order valence-electron chi connectivity index (χ4n) is 3.21. The molecule has 1 aliphatic heterocycles. The maximum Gasteiger partial charge on any atom is 0.573 e. The average molecular weight is 435 g/mol. The Hall–Kier alpha value is -3.14. The molecule has 1 unspecified atom stereocenters. The van der Waals surface area contributed by atoms with Gasteiger partial charge in [-0.1, -0.05) is 22.7 Å². The third-order valence-corrected chi connectivity index (χ3v) is 5.38. The van der Waals surface area contributed by atoms with Crippen LogP contribution in [0.25, 0.3) is 11.1 Å². The Morgan fingerprint density at radius 1 is 1.27 bits per heavy atom. The van der Waals surface area contributed by atoms with E-state index in [1.807, 2.05) is 6.07 Å². The summed E-state index contributed by atoms with van der Waals surface area (Å²) in [7, 11) is 0. The van der Waals surface area contributed by atoms with Crippen LogP contribution >= 0.6 is 11.5 Å². The van der Waals surface area contributed by atoms with Gasteiger partial charge in [-0.05, 0) is 59.4 Å². The molecule has 1 aromatic heterocycles. The topological polar surface area (TPSA) is 73.3 Å². The third kappa shape index (κ3) is 4.54. The number of carbonyl (C=O) groups excluding carboxylic acids is 1. The molecule has 2 aromatic carbocycles.